The predicted octanol–water partition coefficient (Wildman–Crippen LogP) is 3.35. The van der Waals surface area contributed by atoms with Gasteiger partial charge in [-0.1, -0.05) is 24.3 Å². The van der Waals surface area contributed by atoms with E-state index in [1.165, 1.54) is 6.07 Å². The first kappa shape index (κ1) is 11.0. The van der Waals surface area contributed by atoms with E-state index in [1.54, 1.807) is 24.3 Å². The Bertz CT molecular complexity index is 517. The van der Waals surface area contributed by atoms with Crippen molar-refractivity contribution in [1.29, 1.82) is 0 Å². The smallest absolute Gasteiger partial charge is 0.392 e. The van der Waals surface area contributed by atoms with Crippen molar-refractivity contribution in [3.8, 4) is 0 Å². The number of benzene rings is 2. The zero-order valence-electron chi connectivity index (χ0n) is 8.25. The number of alkyl halides is 3. The summed E-state index contributed by atoms with van der Waals surface area (Å²) < 4.78 is 38.3. The van der Waals surface area contributed by atoms with Gasteiger partial charge in [0.05, 0.1) is 12.2 Å². The molecule has 16 heavy (non-hydrogen) atoms. The van der Waals surface area contributed by atoms with Gasteiger partial charge in [0.15, 0.2) is 0 Å². The summed E-state index contributed by atoms with van der Waals surface area (Å²) >= 11 is 0. The summed E-state index contributed by atoms with van der Waals surface area (Å²) in [5, 5.41) is 9.57. The van der Waals surface area contributed by atoms with E-state index in [2.05, 4.69) is 0 Å². The number of hydrogen-bond donors (Lipinski definition) is 1. The normalized spacial score (nSPS) is 12.0. The average Bonchev–Trinajstić information content (AvgIpc) is 2.26. The van der Waals surface area contributed by atoms with Crippen molar-refractivity contribution in [2.45, 2.75) is 12.8 Å². The van der Waals surface area contributed by atoms with Crippen molar-refractivity contribution >= 4 is 10.8 Å². The molecular formula is C12H9F3O. The van der Waals surface area contributed by atoms with Crippen molar-refractivity contribution in [2.24, 2.45) is 0 Å². The summed E-state index contributed by atoms with van der Waals surface area (Å²) in [7, 11) is 0. The van der Waals surface area contributed by atoms with Crippen LogP contribution in [0.4, 0.5) is 13.2 Å². The Morgan fingerprint density at radius 2 is 1.75 bits per heavy atom. The molecule has 0 bridgehead atoms. The Morgan fingerprint density at radius 1 is 1.06 bits per heavy atom. The minimum Gasteiger partial charge on any atom is -0.392 e. The molecule has 0 heterocycles. The van der Waals surface area contributed by atoms with Crippen molar-refractivity contribution in [1.82, 2.24) is 0 Å². The first-order valence-electron chi connectivity index (χ1n) is 4.72. The molecule has 2 rings (SSSR count). The highest BCUT2D eigenvalue weighted by Crippen LogP contribution is 2.35. The van der Waals surface area contributed by atoms with E-state index in [9.17, 15) is 13.2 Å². The molecule has 0 spiro atoms. The highest BCUT2D eigenvalue weighted by atomic mass is 19.4. The molecule has 0 radical (unpaired) electrons. The van der Waals surface area contributed by atoms with Crippen LogP contribution in [0, 0.1) is 0 Å². The van der Waals surface area contributed by atoms with E-state index in [0.717, 1.165) is 6.07 Å². The van der Waals surface area contributed by atoms with Crippen LogP contribution in [0.15, 0.2) is 36.4 Å². The van der Waals surface area contributed by atoms with E-state index in [-0.39, 0.29) is 10.9 Å². The van der Waals surface area contributed by atoms with Gasteiger partial charge in [-0.05, 0) is 28.5 Å². The third-order valence-electron chi connectivity index (χ3n) is 2.41. The van der Waals surface area contributed by atoms with Crippen LogP contribution in [-0.4, -0.2) is 5.11 Å². The van der Waals surface area contributed by atoms with Gasteiger partial charge in [-0.3, -0.25) is 0 Å². The summed E-state index contributed by atoms with van der Waals surface area (Å²) in [6.07, 6.45) is -4.40. The van der Waals surface area contributed by atoms with Crippen LogP contribution in [0.3, 0.4) is 0 Å². The highest BCUT2D eigenvalue weighted by molar-refractivity contribution is 5.86. The molecule has 0 saturated carbocycles. The number of aliphatic hydroxyl groups excluding tert-OH is 1. The molecule has 0 aromatic heterocycles. The number of fused-ring (bicyclic) bond motifs is 1. The lowest BCUT2D eigenvalue weighted by atomic mass is 10.0. The van der Waals surface area contributed by atoms with Gasteiger partial charge in [-0.15, -0.1) is 0 Å². The van der Waals surface area contributed by atoms with Crippen LogP contribution in [0.25, 0.3) is 10.8 Å². The van der Waals surface area contributed by atoms with Gasteiger partial charge in [-0.25, -0.2) is 0 Å². The van der Waals surface area contributed by atoms with Gasteiger partial charge in [0.1, 0.15) is 0 Å². The third-order valence-corrected chi connectivity index (χ3v) is 2.41. The van der Waals surface area contributed by atoms with Crippen LogP contribution in [0.2, 0.25) is 0 Å². The van der Waals surface area contributed by atoms with Crippen molar-refractivity contribution in [3.05, 3.63) is 47.5 Å². The molecule has 0 saturated heterocycles. The molecule has 0 amide bonds. The Kier molecular flexibility index (Phi) is 2.59. The summed E-state index contributed by atoms with van der Waals surface area (Å²) in [5.41, 5.74) is -0.430. The Balaban J connectivity index is 2.79. The van der Waals surface area contributed by atoms with Gasteiger partial charge < -0.3 is 5.11 Å². The van der Waals surface area contributed by atoms with E-state index in [1.807, 2.05) is 0 Å². The molecule has 4 heteroatoms. The lowest BCUT2D eigenvalue weighted by Gasteiger charge is -2.12. The lowest BCUT2D eigenvalue weighted by molar-refractivity contribution is -0.136. The zero-order valence-corrected chi connectivity index (χ0v) is 8.25. The van der Waals surface area contributed by atoms with Gasteiger partial charge in [0, 0.05) is 0 Å². The van der Waals surface area contributed by atoms with E-state index >= 15 is 0 Å². The average molecular weight is 226 g/mol. The molecule has 0 aliphatic rings. The maximum Gasteiger partial charge on any atom is 0.417 e. The molecule has 84 valence electrons. The maximum atomic E-state index is 12.8. The monoisotopic (exact) mass is 226 g/mol. The van der Waals surface area contributed by atoms with Crippen LogP contribution in [0.5, 0.6) is 0 Å². The van der Waals surface area contributed by atoms with Crippen LogP contribution in [-0.2, 0) is 12.8 Å². The fourth-order valence-corrected chi connectivity index (χ4v) is 1.70. The van der Waals surface area contributed by atoms with Crippen LogP contribution >= 0.6 is 0 Å². The number of hydrogen-bond acceptors (Lipinski definition) is 1. The van der Waals surface area contributed by atoms with E-state index in [4.69, 9.17) is 5.11 Å². The molecule has 0 fully saturated rings. The van der Waals surface area contributed by atoms with Crippen molar-refractivity contribution in [2.75, 3.05) is 0 Å². The fourth-order valence-electron chi connectivity index (χ4n) is 1.70. The second-order valence-electron chi connectivity index (χ2n) is 3.52. The molecule has 2 aromatic rings. The lowest BCUT2D eigenvalue weighted by Crippen LogP contribution is -2.06. The molecule has 1 N–H and O–H groups in total. The Labute approximate surface area is 90.1 Å². The summed E-state index contributed by atoms with van der Waals surface area (Å²) in [5.74, 6) is 0. The molecule has 0 unspecified atom stereocenters. The zero-order chi connectivity index (χ0) is 11.8. The summed E-state index contributed by atoms with van der Waals surface area (Å²) in [4.78, 5) is 0. The van der Waals surface area contributed by atoms with E-state index in [0.29, 0.717) is 5.39 Å². The van der Waals surface area contributed by atoms with Crippen molar-refractivity contribution < 1.29 is 18.3 Å². The summed E-state index contributed by atoms with van der Waals surface area (Å²) in [6, 6.07) is 8.82. The second kappa shape index (κ2) is 3.79. The van der Waals surface area contributed by atoms with E-state index < -0.39 is 18.3 Å². The molecule has 2 aromatic carbocycles. The Morgan fingerprint density at radius 3 is 2.38 bits per heavy atom. The quantitative estimate of drug-likeness (QED) is 0.790. The largest absolute Gasteiger partial charge is 0.417 e. The Hall–Kier alpha value is -1.55. The van der Waals surface area contributed by atoms with Crippen molar-refractivity contribution in [3.63, 3.8) is 0 Å². The molecule has 0 aliphatic carbocycles. The first-order chi connectivity index (χ1) is 7.52. The topological polar surface area (TPSA) is 20.2 Å². The maximum absolute atomic E-state index is 12.8. The molecule has 1 nitrogen and oxygen atoms in total. The number of halogens is 3. The number of rotatable bonds is 1. The van der Waals surface area contributed by atoms with Crippen LogP contribution < -0.4 is 0 Å². The fraction of sp³-hybridized carbons (Fsp3) is 0.167. The number of aliphatic hydroxyl groups is 1. The SMILES string of the molecule is OCc1cc(C(F)(F)F)c2ccccc2c1. The first-order valence-corrected chi connectivity index (χ1v) is 4.72. The van der Waals surface area contributed by atoms with Gasteiger partial charge >= 0.3 is 6.18 Å². The van der Waals surface area contributed by atoms with Gasteiger partial charge in [-0.2, -0.15) is 13.2 Å². The molecule has 0 atom stereocenters. The minimum atomic E-state index is -4.40. The third kappa shape index (κ3) is 1.88. The standard InChI is InChI=1S/C12H9F3O/c13-12(14,15)11-6-8(7-16)5-9-3-1-2-4-10(9)11/h1-6,16H,7H2. The molecule has 0 aliphatic heterocycles. The van der Waals surface area contributed by atoms with Gasteiger partial charge in [0.2, 0.25) is 0 Å². The molecular weight excluding hydrogens is 217 g/mol. The summed E-state index contributed by atoms with van der Waals surface area (Å²) in [6.45, 7) is -0.395. The van der Waals surface area contributed by atoms with Crippen LogP contribution in [0.1, 0.15) is 11.1 Å². The minimum absolute atomic E-state index is 0.159. The highest BCUT2D eigenvalue weighted by Gasteiger charge is 2.32. The second-order valence-corrected chi connectivity index (χ2v) is 3.52. The predicted molar refractivity (Wildman–Crippen MR) is 54.9 cm³/mol. The van der Waals surface area contributed by atoms with Gasteiger partial charge in [0.25, 0.3) is 0 Å².